The van der Waals surface area contributed by atoms with Gasteiger partial charge in [-0.15, -0.1) is 0 Å². The Morgan fingerprint density at radius 3 is 2.37 bits per heavy atom. The lowest BCUT2D eigenvalue weighted by molar-refractivity contribution is 0.391. The first-order chi connectivity index (χ1) is 9.17. The van der Waals surface area contributed by atoms with Gasteiger partial charge in [0, 0.05) is 17.2 Å². The zero-order valence-corrected chi connectivity index (χ0v) is 12.3. The average Bonchev–Trinajstić information content (AvgIpc) is 2.46. The van der Waals surface area contributed by atoms with E-state index in [1.54, 1.807) is 32.4 Å². The van der Waals surface area contributed by atoms with Crippen LogP contribution in [0.4, 0.5) is 4.39 Å². The molecule has 0 saturated carbocycles. The number of alkyl halides is 1. The van der Waals surface area contributed by atoms with Crippen LogP contribution in [-0.4, -0.2) is 14.2 Å². The fourth-order valence-corrected chi connectivity index (χ4v) is 2.63. The molecule has 2 aromatic carbocycles. The zero-order valence-electron chi connectivity index (χ0n) is 10.7. The first kappa shape index (κ1) is 13.9. The molecule has 0 aliphatic heterocycles. The fraction of sp³-hybridized carbons (Fsp3) is 0.200. The van der Waals surface area contributed by atoms with Crippen LogP contribution < -0.4 is 9.47 Å². The minimum absolute atomic E-state index is 0.248. The maximum atomic E-state index is 13.8. The number of halogens is 2. The Hall–Kier alpha value is -1.55. The summed E-state index contributed by atoms with van der Waals surface area (Å²) in [7, 11) is 3.18. The number of methoxy groups -OCH3 is 2. The van der Waals surface area contributed by atoms with E-state index in [0.29, 0.717) is 17.1 Å². The van der Waals surface area contributed by atoms with E-state index in [1.165, 1.54) is 6.07 Å². The first-order valence-electron chi connectivity index (χ1n) is 5.77. The smallest absolute Gasteiger partial charge is 0.127 e. The van der Waals surface area contributed by atoms with Crippen LogP contribution >= 0.6 is 15.9 Å². The van der Waals surface area contributed by atoms with Gasteiger partial charge in [-0.05, 0) is 12.1 Å². The Kier molecular flexibility index (Phi) is 4.43. The predicted molar refractivity (Wildman–Crippen MR) is 76.7 cm³/mol. The highest BCUT2D eigenvalue weighted by Crippen LogP contribution is 2.39. The van der Waals surface area contributed by atoms with E-state index in [2.05, 4.69) is 15.9 Å². The highest BCUT2D eigenvalue weighted by Gasteiger charge is 2.18. The van der Waals surface area contributed by atoms with E-state index in [4.69, 9.17) is 9.47 Å². The molecule has 2 nitrogen and oxygen atoms in total. The Bertz CT molecular complexity index is 572. The van der Waals surface area contributed by atoms with Gasteiger partial charge in [0.05, 0.1) is 19.0 Å². The Morgan fingerprint density at radius 1 is 1.00 bits per heavy atom. The topological polar surface area (TPSA) is 18.5 Å². The number of ether oxygens (including phenoxy) is 2. The first-order valence-corrected chi connectivity index (χ1v) is 6.69. The molecule has 19 heavy (non-hydrogen) atoms. The van der Waals surface area contributed by atoms with Gasteiger partial charge in [-0.1, -0.05) is 40.2 Å². The van der Waals surface area contributed by atoms with Crippen LogP contribution in [0.1, 0.15) is 16.0 Å². The molecule has 0 N–H and O–H groups in total. The third-order valence-corrected chi connectivity index (χ3v) is 3.88. The van der Waals surface area contributed by atoms with Gasteiger partial charge in [0.15, 0.2) is 0 Å². The molecule has 0 heterocycles. The van der Waals surface area contributed by atoms with Crippen molar-refractivity contribution in [2.24, 2.45) is 0 Å². The second kappa shape index (κ2) is 6.06. The molecule has 0 amide bonds. The van der Waals surface area contributed by atoms with Crippen LogP contribution in [-0.2, 0) is 0 Å². The molecule has 0 spiro atoms. The normalized spacial score (nSPS) is 12.0. The summed E-state index contributed by atoms with van der Waals surface area (Å²) in [5.41, 5.74) is 1.43. The van der Waals surface area contributed by atoms with Gasteiger partial charge in [0.25, 0.3) is 0 Å². The number of hydrogen-bond donors (Lipinski definition) is 0. The van der Waals surface area contributed by atoms with Crippen molar-refractivity contribution in [3.63, 3.8) is 0 Å². The zero-order chi connectivity index (χ0) is 13.8. The monoisotopic (exact) mass is 324 g/mol. The van der Waals surface area contributed by atoms with E-state index in [-0.39, 0.29) is 10.6 Å². The molecule has 100 valence electrons. The van der Waals surface area contributed by atoms with E-state index in [1.807, 2.05) is 18.2 Å². The molecule has 2 aromatic rings. The van der Waals surface area contributed by atoms with E-state index in [9.17, 15) is 4.39 Å². The van der Waals surface area contributed by atoms with Crippen molar-refractivity contribution in [1.82, 2.24) is 0 Å². The standard InChI is InChI=1S/C15H14BrFO2/c1-18-10-7-8-12(14(9-10)19-2)15(16)11-5-3-4-6-13(11)17/h3-9,15H,1-2H3. The van der Waals surface area contributed by atoms with E-state index < -0.39 is 0 Å². The van der Waals surface area contributed by atoms with Crippen molar-refractivity contribution in [2.75, 3.05) is 14.2 Å². The largest absolute Gasteiger partial charge is 0.497 e. The van der Waals surface area contributed by atoms with Crippen molar-refractivity contribution in [2.45, 2.75) is 4.83 Å². The van der Waals surface area contributed by atoms with Crippen LogP contribution in [0.15, 0.2) is 42.5 Å². The summed E-state index contributed by atoms with van der Waals surface area (Å²) in [6, 6.07) is 12.1. The van der Waals surface area contributed by atoms with Gasteiger partial charge in [0.2, 0.25) is 0 Å². The molecule has 0 aromatic heterocycles. The summed E-state index contributed by atoms with van der Waals surface area (Å²) in [6.45, 7) is 0. The molecule has 2 rings (SSSR count). The summed E-state index contributed by atoms with van der Waals surface area (Å²) >= 11 is 3.52. The molecular weight excluding hydrogens is 311 g/mol. The Morgan fingerprint density at radius 2 is 1.74 bits per heavy atom. The molecule has 0 saturated heterocycles. The highest BCUT2D eigenvalue weighted by atomic mass is 79.9. The minimum Gasteiger partial charge on any atom is -0.497 e. The van der Waals surface area contributed by atoms with Gasteiger partial charge >= 0.3 is 0 Å². The van der Waals surface area contributed by atoms with Crippen LogP contribution in [0.3, 0.4) is 0 Å². The molecule has 1 atom stereocenters. The Labute approximate surface area is 120 Å². The maximum Gasteiger partial charge on any atom is 0.127 e. The Balaban J connectivity index is 2.44. The summed E-state index contributed by atoms with van der Waals surface area (Å²) in [5.74, 6) is 1.11. The van der Waals surface area contributed by atoms with Gasteiger partial charge in [-0.25, -0.2) is 4.39 Å². The molecule has 0 bridgehead atoms. The van der Waals surface area contributed by atoms with Crippen molar-refractivity contribution in [1.29, 1.82) is 0 Å². The highest BCUT2D eigenvalue weighted by molar-refractivity contribution is 9.09. The third-order valence-electron chi connectivity index (χ3n) is 2.89. The number of benzene rings is 2. The van der Waals surface area contributed by atoms with Gasteiger partial charge < -0.3 is 9.47 Å². The summed E-state index contributed by atoms with van der Waals surface area (Å²) in [6.07, 6.45) is 0. The second-order valence-electron chi connectivity index (χ2n) is 3.99. The predicted octanol–water partition coefficient (Wildman–Crippen LogP) is 4.33. The van der Waals surface area contributed by atoms with Gasteiger partial charge in [-0.3, -0.25) is 0 Å². The quantitative estimate of drug-likeness (QED) is 0.779. The van der Waals surface area contributed by atoms with E-state index >= 15 is 0 Å². The summed E-state index contributed by atoms with van der Waals surface area (Å²) in [5, 5.41) is 0. The van der Waals surface area contributed by atoms with Crippen LogP contribution in [0.5, 0.6) is 11.5 Å². The fourth-order valence-electron chi connectivity index (χ4n) is 1.88. The average molecular weight is 325 g/mol. The maximum absolute atomic E-state index is 13.8. The summed E-state index contributed by atoms with van der Waals surface area (Å²) in [4.78, 5) is -0.269. The van der Waals surface area contributed by atoms with Crippen LogP contribution in [0, 0.1) is 5.82 Å². The third kappa shape index (κ3) is 2.89. The lowest BCUT2D eigenvalue weighted by Gasteiger charge is -2.16. The lowest BCUT2D eigenvalue weighted by atomic mass is 10.0. The molecular formula is C15H14BrFO2. The second-order valence-corrected chi connectivity index (χ2v) is 4.91. The summed E-state index contributed by atoms with van der Waals surface area (Å²) < 4.78 is 24.3. The molecule has 0 aliphatic carbocycles. The van der Waals surface area contributed by atoms with Crippen molar-refractivity contribution < 1.29 is 13.9 Å². The van der Waals surface area contributed by atoms with Crippen LogP contribution in [0.2, 0.25) is 0 Å². The number of hydrogen-bond acceptors (Lipinski definition) is 2. The molecule has 0 fully saturated rings. The van der Waals surface area contributed by atoms with Gasteiger partial charge in [0.1, 0.15) is 17.3 Å². The SMILES string of the molecule is COc1ccc(C(Br)c2ccccc2F)c(OC)c1. The molecule has 0 aliphatic rings. The molecule has 1 unspecified atom stereocenters. The number of rotatable bonds is 4. The lowest BCUT2D eigenvalue weighted by Crippen LogP contribution is -2.00. The van der Waals surface area contributed by atoms with Crippen molar-refractivity contribution >= 4 is 15.9 Å². The van der Waals surface area contributed by atoms with Gasteiger partial charge in [-0.2, -0.15) is 0 Å². The van der Waals surface area contributed by atoms with E-state index in [0.717, 1.165) is 5.56 Å². The minimum atomic E-state index is -0.269. The van der Waals surface area contributed by atoms with Crippen molar-refractivity contribution in [3.8, 4) is 11.5 Å². The van der Waals surface area contributed by atoms with Crippen LogP contribution in [0.25, 0.3) is 0 Å². The molecule has 4 heteroatoms. The van der Waals surface area contributed by atoms with Crippen molar-refractivity contribution in [3.05, 3.63) is 59.4 Å². The molecule has 0 radical (unpaired) electrons.